The topological polar surface area (TPSA) is 62.7 Å². The van der Waals surface area contributed by atoms with Gasteiger partial charge in [-0.15, -0.1) is 53.6 Å². The zero-order valence-electron chi connectivity index (χ0n) is 43.3. The first kappa shape index (κ1) is 25.4. The predicted octanol–water partition coefficient (Wildman–Crippen LogP) is 13.0. The summed E-state index contributed by atoms with van der Waals surface area (Å²) in [6.45, 7) is -3.52. The van der Waals surface area contributed by atoms with Gasteiger partial charge in [-0.1, -0.05) is 111 Å². The first-order valence-corrected chi connectivity index (χ1v) is 17.2. The van der Waals surface area contributed by atoms with Crippen molar-refractivity contribution in [3.05, 3.63) is 167 Å². The molecule has 0 aliphatic carbocycles. The van der Waals surface area contributed by atoms with E-state index < -0.39 is 27.4 Å². The molecule has 5 heteroatoms. The fraction of sp³-hybridized carbons (Fsp3) is 0.180. The van der Waals surface area contributed by atoms with Gasteiger partial charge in [0.25, 0.3) is 0 Å². The molecule has 0 bridgehead atoms. The molecule has 5 aromatic carbocycles. The Hall–Kier alpha value is -5.66. The van der Waals surface area contributed by atoms with Gasteiger partial charge >= 0.3 is 0 Å². The van der Waals surface area contributed by atoms with E-state index in [0.29, 0.717) is 56.8 Å². The van der Waals surface area contributed by atoms with E-state index in [0.717, 1.165) is 16.3 Å². The smallest absolute Gasteiger partial charge is 0.130 e. The van der Waals surface area contributed by atoms with Crippen molar-refractivity contribution in [3.8, 4) is 50.8 Å². The van der Waals surface area contributed by atoms with Crippen LogP contribution in [-0.2, 0) is 26.5 Å². The van der Waals surface area contributed by atoms with Crippen molar-refractivity contribution in [3.63, 3.8) is 0 Å². The van der Waals surface area contributed by atoms with Crippen molar-refractivity contribution in [2.45, 2.75) is 54.6 Å². The summed E-state index contributed by atoms with van der Waals surface area (Å²) >= 11 is 0. The van der Waals surface area contributed by atoms with E-state index in [-0.39, 0.29) is 64.9 Å². The Morgan fingerprint density at radius 3 is 2.24 bits per heavy atom. The summed E-state index contributed by atoms with van der Waals surface area (Å²) in [7, 11) is 0. The average Bonchev–Trinajstić information content (AvgIpc) is 3.63. The van der Waals surface area contributed by atoms with Crippen molar-refractivity contribution in [1.82, 2.24) is 9.97 Å². The Labute approximate surface area is 356 Å². The van der Waals surface area contributed by atoms with Crippen LogP contribution >= 0.6 is 0 Å². The number of nitrogens with zero attached hydrogens (tertiary/aromatic N) is 3. The van der Waals surface area contributed by atoms with E-state index in [1.807, 2.05) is 63.2 Å². The molecule has 8 rings (SSSR count). The molecule has 0 aliphatic rings. The van der Waals surface area contributed by atoms with Crippen LogP contribution in [0.2, 0.25) is 0 Å². The standard InChI is InChI=1S/C37H31N2O.C13H12N.Ir/c1-23-18-25(20-37(3,4)5)14-16-28(23)32-19-33(39-22-24(32)2)31-13-9-12-29-30-17-15-27(21-38)34(36(30)40-35(29)31)26-10-7-6-8-11-26;1-10-3-6-12(7-4-10)13-8-5-11(2)9-14-13;/h6-12,14-19,22H,20H2,1-5H3;3-6,8-9H,1-2H3;/q2*-1;/i1D3,2D3,16D;1D3,2D3;. The van der Waals surface area contributed by atoms with Gasteiger partial charge in [0.05, 0.1) is 18.6 Å². The third kappa shape index (κ3) is 8.53. The number of aromatic nitrogens is 2. The Morgan fingerprint density at radius 1 is 0.764 bits per heavy atom. The van der Waals surface area contributed by atoms with E-state index >= 15 is 0 Å². The molecule has 0 saturated carbocycles. The van der Waals surface area contributed by atoms with Crippen molar-refractivity contribution >= 4 is 21.9 Å². The molecule has 275 valence electrons. The van der Waals surface area contributed by atoms with Gasteiger partial charge in [0.2, 0.25) is 0 Å². The zero-order chi connectivity index (χ0) is 48.9. The molecule has 0 N–H and O–H groups in total. The quantitative estimate of drug-likeness (QED) is 0.161. The summed E-state index contributed by atoms with van der Waals surface area (Å²) in [5.41, 5.74) is 5.53. The van der Waals surface area contributed by atoms with Crippen LogP contribution in [-0.4, -0.2) is 9.97 Å². The second-order valence-corrected chi connectivity index (χ2v) is 14.1. The maximum atomic E-state index is 9.94. The molecule has 8 aromatic rings. The fourth-order valence-electron chi connectivity index (χ4n) is 6.40. The summed E-state index contributed by atoms with van der Waals surface area (Å²) < 4.78 is 109. The third-order valence-corrected chi connectivity index (χ3v) is 8.80. The van der Waals surface area contributed by atoms with E-state index in [4.69, 9.17) is 22.2 Å². The Kier molecular flexibility index (Phi) is 7.57. The van der Waals surface area contributed by atoms with E-state index in [1.165, 1.54) is 36.7 Å². The molecule has 0 aliphatic heterocycles. The van der Waals surface area contributed by atoms with Gasteiger partial charge in [0, 0.05) is 59.9 Å². The minimum atomic E-state index is -2.64. The number of rotatable bonds is 5. The predicted molar refractivity (Wildman–Crippen MR) is 222 cm³/mol. The summed E-state index contributed by atoms with van der Waals surface area (Å²) in [5, 5.41) is 11.5. The Bertz CT molecular complexity index is 3090. The van der Waals surface area contributed by atoms with Crippen LogP contribution in [0.3, 0.4) is 0 Å². The molecule has 3 aromatic heterocycles. The number of hydrogen-bond acceptors (Lipinski definition) is 4. The van der Waals surface area contributed by atoms with Gasteiger partial charge < -0.3 is 14.4 Å². The van der Waals surface area contributed by atoms with E-state index in [2.05, 4.69) is 28.2 Å². The summed E-state index contributed by atoms with van der Waals surface area (Å²) in [6, 6.07) is 37.2. The Morgan fingerprint density at radius 2 is 1.55 bits per heavy atom. The van der Waals surface area contributed by atoms with Crippen LogP contribution in [0.15, 0.2) is 126 Å². The number of nitriles is 1. The largest absolute Gasteiger partial charge is 0.500 e. The number of fused-ring (bicyclic) bond motifs is 3. The van der Waals surface area contributed by atoms with Crippen LogP contribution in [0.4, 0.5) is 0 Å². The normalized spacial score (nSPS) is 15.5. The van der Waals surface area contributed by atoms with Crippen molar-refractivity contribution < 1.29 is 42.3 Å². The summed E-state index contributed by atoms with van der Waals surface area (Å²) in [4.78, 5) is 8.59. The van der Waals surface area contributed by atoms with E-state index in [1.54, 1.807) is 36.4 Å². The van der Waals surface area contributed by atoms with Gasteiger partial charge in [-0.25, -0.2) is 0 Å². The maximum absolute atomic E-state index is 9.94. The first-order chi connectivity index (χ1) is 31.2. The van der Waals surface area contributed by atoms with Crippen molar-refractivity contribution in [1.29, 1.82) is 5.26 Å². The molecule has 0 amide bonds. The van der Waals surface area contributed by atoms with Crippen molar-refractivity contribution in [2.75, 3.05) is 0 Å². The Balaban J connectivity index is 0.000000304. The molecular formula is C50H43IrN3O-2. The fourth-order valence-corrected chi connectivity index (χ4v) is 6.40. The molecular weight excluding hydrogens is 851 g/mol. The van der Waals surface area contributed by atoms with Gasteiger partial charge in [-0.05, 0) is 88.8 Å². The number of hydrogen-bond donors (Lipinski definition) is 0. The monoisotopic (exact) mass is 907 g/mol. The second-order valence-electron chi connectivity index (χ2n) is 14.1. The van der Waals surface area contributed by atoms with E-state index in [9.17, 15) is 5.26 Å². The molecule has 4 nitrogen and oxygen atoms in total. The number of pyridine rings is 2. The van der Waals surface area contributed by atoms with Gasteiger partial charge in [0.15, 0.2) is 0 Å². The molecule has 0 saturated heterocycles. The molecule has 0 unspecified atom stereocenters. The molecule has 0 atom stereocenters. The minimum absolute atomic E-state index is 0. The molecule has 0 fully saturated rings. The summed E-state index contributed by atoms with van der Waals surface area (Å²) in [6.07, 6.45) is 3.06. The van der Waals surface area contributed by atoms with Crippen LogP contribution in [0, 0.1) is 56.3 Å². The maximum Gasteiger partial charge on any atom is 0.130 e. The average molecular weight is 907 g/mol. The number of aryl methyl sites for hydroxylation is 4. The van der Waals surface area contributed by atoms with Crippen LogP contribution in [0.5, 0.6) is 0 Å². The van der Waals surface area contributed by atoms with Gasteiger partial charge in [-0.2, -0.15) is 5.26 Å². The molecule has 1 radical (unpaired) electrons. The third-order valence-electron chi connectivity index (χ3n) is 8.80. The SMILES string of the molecule is [2H]C([2H])([2H])c1c[c-]c(-c2ccc(C([2H])([2H])[2H])cn2)cc1.[2H]c1cc(CC(C)(C)C)cc(C([2H])([2H])[2H])c1-c1cc(-c2[c-]ccc3c2oc2c(-c4ccccc4)c(C#N)ccc23)ncc1C([2H])([2H])[2H].[Ir]. The van der Waals surface area contributed by atoms with Crippen LogP contribution in [0.25, 0.3) is 66.7 Å². The van der Waals surface area contributed by atoms with Gasteiger partial charge in [0.1, 0.15) is 5.58 Å². The zero-order valence-corrected chi connectivity index (χ0v) is 32.7. The minimum Gasteiger partial charge on any atom is -0.500 e. The van der Waals surface area contributed by atoms with Gasteiger partial charge in [-0.3, -0.25) is 0 Å². The number of benzene rings is 5. The van der Waals surface area contributed by atoms with Crippen molar-refractivity contribution in [2.24, 2.45) is 5.41 Å². The van der Waals surface area contributed by atoms with Crippen LogP contribution in [0.1, 0.15) is 72.0 Å². The first-order valence-electron chi connectivity index (χ1n) is 23.7. The molecule has 0 spiro atoms. The van der Waals surface area contributed by atoms with Crippen LogP contribution < -0.4 is 0 Å². The molecule has 55 heavy (non-hydrogen) atoms. The molecule has 3 heterocycles. The summed E-state index contributed by atoms with van der Waals surface area (Å²) in [5.74, 6) is 0. The number of furan rings is 1. The second kappa shape index (κ2) is 16.4.